The number of fused-ring (bicyclic) bond motifs is 1. The van der Waals surface area contributed by atoms with Crippen LogP contribution in [0.2, 0.25) is 5.02 Å². The first-order valence-corrected chi connectivity index (χ1v) is 12.0. The van der Waals surface area contributed by atoms with Gasteiger partial charge in [-0.25, -0.2) is 14.3 Å². The third-order valence-corrected chi connectivity index (χ3v) is 6.01. The average molecular weight is 536 g/mol. The number of aromatic hydroxyl groups is 1. The summed E-state index contributed by atoms with van der Waals surface area (Å²) in [5, 5.41) is 28.1. The van der Waals surface area contributed by atoms with Crippen LogP contribution in [0.5, 0.6) is 5.88 Å². The number of nitrogens with two attached hydrogens (primary N) is 1. The van der Waals surface area contributed by atoms with E-state index in [4.69, 9.17) is 32.3 Å². The van der Waals surface area contributed by atoms with E-state index in [1.54, 1.807) is 28.8 Å². The average Bonchev–Trinajstić information content (AvgIpc) is 3.55. The summed E-state index contributed by atoms with van der Waals surface area (Å²) in [5.74, 6) is -0.727. The Labute approximate surface area is 219 Å². The van der Waals surface area contributed by atoms with Crippen molar-refractivity contribution < 1.29 is 14.6 Å². The molecule has 38 heavy (non-hydrogen) atoms. The number of hydrogen-bond donors (Lipinski definition) is 4. The molecule has 3 heterocycles. The van der Waals surface area contributed by atoms with Crippen molar-refractivity contribution in [1.82, 2.24) is 24.1 Å². The number of esters is 1. The predicted molar refractivity (Wildman–Crippen MR) is 136 cm³/mol. The first-order valence-electron chi connectivity index (χ1n) is 11.6. The number of benzene rings is 1. The van der Waals surface area contributed by atoms with Crippen molar-refractivity contribution in [2.45, 2.75) is 38.6 Å². The summed E-state index contributed by atoms with van der Waals surface area (Å²) >= 11 is 6.33. The molecule has 5 rings (SSSR count). The lowest BCUT2D eigenvalue weighted by Gasteiger charge is -2.08. The minimum Gasteiger partial charge on any atom is -0.493 e. The van der Waals surface area contributed by atoms with Crippen LogP contribution in [-0.4, -0.2) is 47.3 Å². The molecule has 13 nitrogen and oxygen atoms in total. The molecule has 1 aromatic carbocycles. The van der Waals surface area contributed by atoms with Gasteiger partial charge in [0, 0.05) is 11.3 Å². The molecule has 5 N–H and O–H groups in total. The van der Waals surface area contributed by atoms with Crippen molar-refractivity contribution in [3.63, 3.8) is 0 Å². The van der Waals surface area contributed by atoms with Crippen molar-refractivity contribution in [3.05, 3.63) is 67.9 Å². The molecule has 0 spiro atoms. The Morgan fingerprint density at radius 1 is 1.47 bits per heavy atom. The molecular weight excluding hydrogens is 514 g/mol. The first kappa shape index (κ1) is 25.0. The van der Waals surface area contributed by atoms with Crippen molar-refractivity contribution in [2.24, 2.45) is 10.7 Å². The van der Waals surface area contributed by atoms with Crippen LogP contribution in [0.1, 0.15) is 31.0 Å². The van der Waals surface area contributed by atoms with Gasteiger partial charge in [0.05, 0.1) is 34.6 Å². The van der Waals surface area contributed by atoms with Crippen molar-refractivity contribution in [2.75, 3.05) is 5.32 Å². The normalized spacial score (nSPS) is 15.0. The van der Waals surface area contributed by atoms with E-state index in [9.17, 15) is 14.7 Å². The Hall–Kier alpha value is -4.67. The zero-order valence-electron chi connectivity index (χ0n) is 20.1. The number of carbonyl (C=O) groups excluding carboxylic acids is 1. The Kier molecular flexibility index (Phi) is 6.58. The fourth-order valence-electron chi connectivity index (χ4n) is 3.55. The number of imidazole rings is 1. The summed E-state index contributed by atoms with van der Waals surface area (Å²) in [6.45, 7) is 0.938. The summed E-state index contributed by atoms with van der Waals surface area (Å²) in [7, 11) is 0. The summed E-state index contributed by atoms with van der Waals surface area (Å²) in [5.41, 5.74) is 6.78. The summed E-state index contributed by atoms with van der Waals surface area (Å²) in [4.78, 5) is 35.9. The molecule has 1 unspecified atom stereocenters. The molecule has 1 fully saturated rings. The predicted octanol–water partition coefficient (Wildman–Crippen LogP) is 0.652. The van der Waals surface area contributed by atoms with Gasteiger partial charge in [0.2, 0.25) is 5.88 Å². The van der Waals surface area contributed by atoms with Crippen molar-refractivity contribution in [3.8, 4) is 11.9 Å². The summed E-state index contributed by atoms with van der Waals surface area (Å²) in [6, 6.07) is 7.95. The molecule has 3 aromatic heterocycles. The Balaban J connectivity index is 1.57. The van der Waals surface area contributed by atoms with Crippen LogP contribution < -0.4 is 27.4 Å². The van der Waals surface area contributed by atoms with E-state index >= 15 is 0 Å². The maximum atomic E-state index is 12.4. The van der Waals surface area contributed by atoms with E-state index in [0.717, 1.165) is 17.4 Å². The molecule has 1 aliphatic carbocycles. The maximum absolute atomic E-state index is 12.4. The summed E-state index contributed by atoms with van der Waals surface area (Å²) in [6.07, 6.45) is 4.97. The molecule has 1 atom stereocenters. The van der Waals surface area contributed by atoms with Crippen LogP contribution in [0.25, 0.3) is 11.7 Å². The lowest BCUT2D eigenvalue weighted by atomic mass is 10.2. The van der Waals surface area contributed by atoms with E-state index in [0.29, 0.717) is 38.4 Å². The van der Waals surface area contributed by atoms with Gasteiger partial charge in [-0.15, -0.1) is 0 Å². The second-order valence-corrected chi connectivity index (χ2v) is 9.15. The number of rotatable bonds is 7. The number of aromatic amines is 1. The smallest absolute Gasteiger partial charge is 0.331 e. The van der Waals surface area contributed by atoms with Crippen molar-refractivity contribution in [1.29, 1.82) is 5.26 Å². The highest BCUT2D eigenvalue weighted by molar-refractivity contribution is 6.33. The summed E-state index contributed by atoms with van der Waals surface area (Å²) < 4.78 is 7.37. The van der Waals surface area contributed by atoms with E-state index in [2.05, 4.69) is 20.4 Å². The minimum absolute atomic E-state index is 0.0673. The zero-order chi connectivity index (χ0) is 27.0. The molecule has 0 radical (unpaired) electrons. The number of hydrogen-bond acceptors (Lipinski definition) is 10. The number of nitrogens with one attached hydrogen (secondary N) is 2. The maximum Gasteiger partial charge on any atom is 0.331 e. The molecule has 14 heteroatoms. The molecule has 0 saturated heterocycles. The Bertz CT molecular complexity index is 1780. The largest absolute Gasteiger partial charge is 0.493 e. The Morgan fingerprint density at radius 3 is 2.95 bits per heavy atom. The highest BCUT2D eigenvalue weighted by Gasteiger charge is 2.21. The monoisotopic (exact) mass is 535 g/mol. The third kappa shape index (κ3) is 5.08. The van der Waals surface area contributed by atoms with E-state index in [1.807, 2.05) is 6.07 Å². The number of anilines is 2. The second kappa shape index (κ2) is 10.0. The second-order valence-electron chi connectivity index (χ2n) is 8.75. The number of ether oxygens (including phenoxy) is 1. The number of nitrogens with zero attached hydrogens (tertiary/aromatic N) is 6. The number of carbonyl (C=O) groups is 1. The lowest BCUT2D eigenvalue weighted by Crippen LogP contribution is -2.30. The van der Waals surface area contributed by atoms with Gasteiger partial charge in [0.1, 0.15) is 17.6 Å². The van der Waals surface area contributed by atoms with Crippen molar-refractivity contribution >= 4 is 40.8 Å². The SMILES string of the molecule is CC(N)C(=O)OCn1c(O)c(/C=c2/cnn3c(=NC4CC4)cc(Nc4ccc(C#N)cc4Cl)nc23)[nH]c1=O. The highest BCUT2D eigenvalue weighted by atomic mass is 35.5. The molecule has 0 amide bonds. The van der Waals surface area contributed by atoms with Gasteiger partial charge in [0.25, 0.3) is 0 Å². The van der Waals surface area contributed by atoms with E-state index in [-0.39, 0.29) is 11.7 Å². The van der Waals surface area contributed by atoms with Crippen LogP contribution in [0, 0.1) is 11.3 Å². The van der Waals surface area contributed by atoms with E-state index < -0.39 is 30.3 Å². The molecule has 4 aromatic rings. The lowest BCUT2D eigenvalue weighted by molar-refractivity contribution is -0.148. The van der Waals surface area contributed by atoms with Crippen LogP contribution in [0.3, 0.4) is 0 Å². The van der Waals surface area contributed by atoms with Gasteiger partial charge in [-0.2, -0.15) is 14.9 Å². The molecule has 0 aliphatic heterocycles. The topological polar surface area (TPSA) is 189 Å². The fourth-order valence-corrected chi connectivity index (χ4v) is 3.78. The molecule has 194 valence electrons. The molecular formula is C24H22ClN9O4. The van der Waals surface area contributed by atoms with Gasteiger partial charge in [-0.05, 0) is 44.0 Å². The Morgan fingerprint density at radius 2 is 2.26 bits per heavy atom. The zero-order valence-corrected chi connectivity index (χ0v) is 20.8. The first-order chi connectivity index (χ1) is 18.2. The molecule has 0 bridgehead atoms. The van der Waals surface area contributed by atoms with Crippen LogP contribution >= 0.6 is 11.6 Å². The van der Waals surface area contributed by atoms with Gasteiger partial charge >= 0.3 is 11.7 Å². The van der Waals surface area contributed by atoms with Gasteiger partial charge in [0.15, 0.2) is 17.9 Å². The quantitative estimate of drug-likeness (QED) is 0.246. The van der Waals surface area contributed by atoms with Gasteiger partial charge in [-0.3, -0.25) is 9.79 Å². The van der Waals surface area contributed by atoms with E-state index in [1.165, 1.54) is 19.2 Å². The molecule has 1 saturated carbocycles. The number of nitriles is 1. The van der Waals surface area contributed by atoms with Crippen LogP contribution in [0.15, 0.2) is 40.2 Å². The molecule has 1 aliphatic rings. The van der Waals surface area contributed by atoms with Gasteiger partial charge in [-0.1, -0.05) is 11.6 Å². The fraction of sp³-hybridized carbons (Fsp3) is 0.250. The number of aromatic nitrogens is 5. The highest BCUT2D eigenvalue weighted by Crippen LogP contribution is 2.26. The minimum atomic E-state index is -0.875. The standard InChI is InChI=1S/C24H22ClN9O4/c1-12(27)23(36)38-11-33-22(35)18(31-24(33)37)7-14-10-28-34-20(29-15-3-4-15)8-19(32-21(14)34)30-17-5-2-13(9-26)6-16(17)25/h2,5-8,10,12,15,30,35H,3-4,11,27H2,1H3,(H,31,37)/b14-7-,29-20?. The van der Waals surface area contributed by atoms with Gasteiger partial charge < -0.3 is 25.9 Å². The third-order valence-electron chi connectivity index (χ3n) is 5.69. The van der Waals surface area contributed by atoms with Crippen LogP contribution in [0.4, 0.5) is 11.5 Å². The van der Waals surface area contributed by atoms with Crippen LogP contribution in [-0.2, 0) is 16.3 Å². The number of H-pyrrole nitrogens is 1. The number of halogens is 1.